The highest BCUT2D eigenvalue weighted by molar-refractivity contribution is 5.06. The van der Waals surface area contributed by atoms with Gasteiger partial charge in [0.05, 0.1) is 5.60 Å². The Balaban J connectivity index is 2.60. The molecule has 2 heteroatoms. The Morgan fingerprint density at radius 2 is 2.40 bits per heavy atom. The Kier molecular flexibility index (Phi) is 2.11. The number of aliphatic hydroxyl groups is 1. The van der Waals surface area contributed by atoms with Crippen molar-refractivity contribution < 1.29 is 5.11 Å². The Hall–Kier alpha value is -0.340. The number of rotatable bonds is 0. The highest BCUT2D eigenvalue weighted by Crippen LogP contribution is 2.16. The number of β-amino-alcohol motifs (C(OH)–C–C–N with tert-alkyl or cyclic N) is 1. The lowest BCUT2D eigenvalue weighted by Gasteiger charge is -2.21. The first-order valence-corrected chi connectivity index (χ1v) is 3.69. The van der Waals surface area contributed by atoms with E-state index in [1.807, 2.05) is 6.92 Å². The monoisotopic (exact) mass is 141 g/mol. The summed E-state index contributed by atoms with van der Waals surface area (Å²) in [6, 6.07) is 0. The first-order valence-electron chi connectivity index (χ1n) is 3.69. The van der Waals surface area contributed by atoms with Crippen molar-refractivity contribution in [2.45, 2.75) is 25.9 Å². The molecule has 1 unspecified atom stereocenters. The molecule has 1 atom stereocenters. The second-order valence-corrected chi connectivity index (χ2v) is 3.36. The molecule has 0 aromatic carbocycles. The van der Waals surface area contributed by atoms with Crippen molar-refractivity contribution in [1.29, 1.82) is 0 Å². The average Bonchev–Trinajstić information content (AvgIpc) is 1.90. The van der Waals surface area contributed by atoms with Gasteiger partial charge in [-0.2, -0.15) is 0 Å². The molecule has 0 saturated carbocycles. The van der Waals surface area contributed by atoms with E-state index in [0.717, 1.165) is 13.0 Å². The maximum Gasteiger partial charge on any atom is 0.0780 e. The van der Waals surface area contributed by atoms with Crippen molar-refractivity contribution >= 4 is 0 Å². The van der Waals surface area contributed by atoms with E-state index >= 15 is 0 Å². The molecule has 1 aliphatic rings. The SMILES string of the molecule is CC1=CCNCC(C)(O)C1. The van der Waals surface area contributed by atoms with Crippen LogP contribution in [0.25, 0.3) is 0 Å². The molecular weight excluding hydrogens is 126 g/mol. The lowest BCUT2D eigenvalue weighted by molar-refractivity contribution is 0.0634. The van der Waals surface area contributed by atoms with Crippen LogP contribution in [-0.4, -0.2) is 23.8 Å². The fourth-order valence-electron chi connectivity index (χ4n) is 1.32. The zero-order chi connectivity index (χ0) is 7.61. The van der Waals surface area contributed by atoms with E-state index in [2.05, 4.69) is 18.3 Å². The van der Waals surface area contributed by atoms with Crippen LogP contribution in [0.4, 0.5) is 0 Å². The smallest absolute Gasteiger partial charge is 0.0780 e. The Morgan fingerprint density at radius 1 is 1.70 bits per heavy atom. The van der Waals surface area contributed by atoms with Crippen molar-refractivity contribution in [2.24, 2.45) is 0 Å². The summed E-state index contributed by atoms with van der Waals surface area (Å²) in [4.78, 5) is 0. The lowest BCUT2D eigenvalue weighted by atomic mass is 9.99. The predicted octanol–water partition coefficient (Wildman–Crippen LogP) is 0.677. The van der Waals surface area contributed by atoms with Gasteiger partial charge in [0, 0.05) is 13.1 Å². The number of nitrogens with one attached hydrogen (secondary N) is 1. The van der Waals surface area contributed by atoms with Crippen molar-refractivity contribution in [3.63, 3.8) is 0 Å². The maximum absolute atomic E-state index is 9.62. The van der Waals surface area contributed by atoms with Gasteiger partial charge in [-0.1, -0.05) is 11.6 Å². The Labute approximate surface area is 61.9 Å². The fourth-order valence-corrected chi connectivity index (χ4v) is 1.32. The summed E-state index contributed by atoms with van der Waals surface area (Å²) in [5.41, 5.74) is 0.729. The zero-order valence-electron chi connectivity index (χ0n) is 6.65. The quantitative estimate of drug-likeness (QED) is 0.486. The Bertz CT molecular complexity index is 149. The summed E-state index contributed by atoms with van der Waals surface area (Å²) in [6.07, 6.45) is 2.92. The van der Waals surface area contributed by atoms with E-state index < -0.39 is 5.60 Å². The molecule has 1 rings (SSSR count). The van der Waals surface area contributed by atoms with Gasteiger partial charge in [0.25, 0.3) is 0 Å². The van der Waals surface area contributed by atoms with Crippen LogP contribution in [-0.2, 0) is 0 Å². The van der Waals surface area contributed by atoms with Crippen LogP contribution >= 0.6 is 0 Å². The molecule has 2 N–H and O–H groups in total. The van der Waals surface area contributed by atoms with E-state index in [-0.39, 0.29) is 0 Å². The van der Waals surface area contributed by atoms with Crippen LogP contribution in [0.2, 0.25) is 0 Å². The van der Waals surface area contributed by atoms with Gasteiger partial charge in [0.2, 0.25) is 0 Å². The topological polar surface area (TPSA) is 32.3 Å². The standard InChI is InChI=1S/C8H15NO/c1-7-3-4-9-6-8(2,10)5-7/h3,9-10H,4-6H2,1-2H3. The van der Waals surface area contributed by atoms with Crippen LogP contribution in [0.5, 0.6) is 0 Å². The molecular formula is C8H15NO. The van der Waals surface area contributed by atoms with Gasteiger partial charge in [0.1, 0.15) is 0 Å². The molecule has 0 aromatic rings. The molecule has 1 aliphatic heterocycles. The average molecular weight is 141 g/mol. The third-order valence-electron chi connectivity index (χ3n) is 1.76. The van der Waals surface area contributed by atoms with Crippen LogP contribution in [0, 0.1) is 0 Å². The largest absolute Gasteiger partial charge is 0.389 e. The zero-order valence-corrected chi connectivity index (χ0v) is 6.65. The van der Waals surface area contributed by atoms with Gasteiger partial charge in [-0.05, 0) is 20.3 Å². The maximum atomic E-state index is 9.62. The summed E-state index contributed by atoms with van der Waals surface area (Å²) < 4.78 is 0. The van der Waals surface area contributed by atoms with Gasteiger partial charge in [-0.15, -0.1) is 0 Å². The molecule has 0 radical (unpaired) electrons. The molecule has 0 amide bonds. The third kappa shape index (κ3) is 2.12. The summed E-state index contributed by atoms with van der Waals surface area (Å²) in [5, 5.41) is 12.8. The minimum absolute atomic E-state index is 0.545. The molecule has 0 spiro atoms. The van der Waals surface area contributed by atoms with E-state index in [1.54, 1.807) is 0 Å². The van der Waals surface area contributed by atoms with Crippen LogP contribution in [0.3, 0.4) is 0 Å². The summed E-state index contributed by atoms with van der Waals surface area (Å²) in [6.45, 7) is 5.51. The van der Waals surface area contributed by atoms with Gasteiger partial charge in [-0.3, -0.25) is 0 Å². The van der Waals surface area contributed by atoms with E-state index in [4.69, 9.17) is 0 Å². The lowest BCUT2D eigenvalue weighted by Crippen LogP contribution is -2.36. The second-order valence-electron chi connectivity index (χ2n) is 3.36. The first-order chi connectivity index (χ1) is 4.60. The second kappa shape index (κ2) is 2.72. The van der Waals surface area contributed by atoms with Crippen molar-refractivity contribution in [1.82, 2.24) is 5.32 Å². The van der Waals surface area contributed by atoms with Crippen LogP contribution < -0.4 is 5.32 Å². The molecule has 1 heterocycles. The minimum atomic E-state index is -0.545. The molecule has 0 saturated heterocycles. The normalized spacial score (nSPS) is 34.9. The molecule has 10 heavy (non-hydrogen) atoms. The minimum Gasteiger partial charge on any atom is -0.389 e. The molecule has 2 nitrogen and oxygen atoms in total. The molecule has 0 bridgehead atoms. The highest BCUT2D eigenvalue weighted by Gasteiger charge is 2.21. The van der Waals surface area contributed by atoms with Crippen molar-refractivity contribution in [3.8, 4) is 0 Å². The molecule has 58 valence electrons. The first kappa shape index (κ1) is 7.76. The van der Waals surface area contributed by atoms with E-state index in [0.29, 0.717) is 6.54 Å². The molecule has 0 aliphatic carbocycles. The van der Waals surface area contributed by atoms with E-state index in [1.165, 1.54) is 5.57 Å². The Morgan fingerprint density at radius 3 is 3.10 bits per heavy atom. The van der Waals surface area contributed by atoms with Crippen LogP contribution in [0.1, 0.15) is 20.3 Å². The number of hydrogen-bond donors (Lipinski definition) is 2. The summed E-state index contributed by atoms with van der Waals surface area (Å²) in [7, 11) is 0. The van der Waals surface area contributed by atoms with Gasteiger partial charge in [-0.25, -0.2) is 0 Å². The van der Waals surface area contributed by atoms with Crippen molar-refractivity contribution in [2.75, 3.05) is 13.1 Å². The molecule has 0 aromatic heterocycles. The number of hydrogen-bond acceptors (Lipinski definition) is 2. The summed E-state index contributed by atoms with van der Waals surface area (Å²) in [5.74, 6) is 0. The third-order valence-corrected chi connectivity index (χ3v) is 1.76. The van der Waals surface area contributed by atoms with Gasteiger partial charge >= 0.3 is 0 Å². The highest BCUT2D eigenvalue weighted by atomic mass is 16.3. The van der Waals surface area contributed by atoms with Gasteiger partial charge < -0.3 is 10.4 Å². The van der Waals surface area contributed by atoms with Crippen molar-refractivity contribution in [3.05, 3.63) is 11.6 Å². The van der Waals surface area contributed by atoms with Crippen LogP contribution in [0.15, 0.2) is 11.6 Å². The molecule has 0 fully saturated rings. The summed E-state index contributed by atoms with van der Waals surface area (Å²) >= 11 is 0. The predicted molar refractivity (Wildman–Crippen MR) is 41.9 cm³/mol. The fraction of sp³-hybridized carbons (Fsp3) is 0.750. The van der Waals surface area contributed by atoms with Gasteiger partial charge in [0.15, 0.2) is 0 Å². The van der Waals surface area contributed by atoms with E-state index in [9.17, 15) is 5.11 Å².